The van der Waals surface area contributed by atoms with Gasteiger partial charge in [0.1, 0.15) is 0 Å². The zero-order valence-electron chi connectivity index (χ0n) is 7.07. The highest BCUT2D eigenvalue weighted by molar-refractivity contribution is 5.83. The normalized spacial score (nSPS) is 10.2. The molecule has 0 saturated carbocycles. The van der Waals surface area contributed by atoms with Gasteiger partial charge in [0.15, 0.2) is 0 Å². The first-order valence-electron chi connectivity index (χ1n) is 3.78. The largest absolute Gasteiger partial charge is 0.543 e. The number of carboxylic acids is 1. The van der Waals surface area contributed by atoms with Gasteiger partial charge in [-0.1, -0.05) is 19.9 Å². The van der Waals surface area contributed by atoms with E-state index in [9.17, 15) is 9.90 Å². The highest BCUT2D eigenvalue weighted by atomic mass is 16.4. The van der Waals surface area contributed by atoms with Crippen LogP contribution >= 0.6 is 0 Å². The van der Waals surface area contributed by atoms with Crippen LogP contribution in [-0.4, -0.2) is 11.0 Å². The van der Waals surface area contributed by atoms with Crippen LogP contribution in [0.3, 0.4) is 0 Å². The maximum absolute atomic E-state index is 10.3. The molecule has 0 amide bonds. The van der Waals surface area contributed by atoms with Crippen molar-refractivity contribution in [3.8, 4) is 0 Å². The molecule has 1 aromatic rings. The molecule has 0 aliphatic carbocycles. The van der Waals surface area contributed by atoms with Crippen LogP contribution in [0.15, 0.2) is 18.3 Å². The van der Waals surface area contributed by atoms with Gasteiger partial charge in [0.05, 0.1) is 11.7 Å². The molecule has 0 bridgehead atoms. The molecule has 0 aliphatic heterocycles. The number of pyridine rings is 1. The van der Waals surface area contributed by atoms with Crippen molar-refractivity contribution in [3.05, 3.63) is 29.6 Å². The number of hydrogen-bond donors (Lipinski definition) is 0. The van der Waals surface area contributed by atoms with Crippen molar-refractivity contribution in [2.45, 2.75) is 19.8 Å². The molecule has 0 radical (unpaired) electrons. The molecule has 0 atom stereocenters. The minimum absolute atomic E-state index is 0.0144. The van der Waals surface area contributed by atoms with Crippen molar-refractivity contribution in [1.29, 1.82) is 0 Å². The fourth-order valence-electron chi connectivity index (χ4n) is 0.868. The molecule has 12 heavy (non-hydrogen) atoms. The van der Waals surface area contributed by atoms with Crippen LogP contribution in [0.4, 0.5) is 0 Å². The van der Waals surface area contributed by atoms with E-state index < -0.39 is 5.97 Å². The molecule has 1 aromatic heterocycles. The molecule has 0 saturated heterocycles. The van der Waals surface area contributed by atoms with Crippen molar-refractivity contribution in [2.75, 3.05) is 0 Å². The van der Waals surface area contributed by atoms with Crippen molar-refractivity contribution in [2.24, 2.45) is 0 Å². The third kappa shape index (κ3) is 1.81. The second-order valence-electron chi connectivity index (χ2n) is 2.92. The Hall–Kier alpha value is -1.38. The van der Waals surface area contributed by atoms with Crippen LogP contribution in [0.2, 0.25) is 0 Å². The predicted octanol–water partition coefficient (Wildman–Crippen LogP) is 0.569. The number of rotatable bonds is 2. The lowest BCUT2D eigenvalue weighted by molar-refractivity contribution is -0.255. The van der Waals surface area contributed by atoms with E-state index in [0.29, 0.717) is 5.92 Å². The molecule has 0 spiro atoms. The Bertz CT molecular complexity index is 277. The van der Waals surface area contributed by atoms with Gasteiger partial charge in [0.25, 0.3) is 0 Å². The molecular formula is C9H10NO2-. The first kappa shape index (κ1) is 8.71. The standard InChI is InChI=1S/C9H11NO2/c1-6(2)7-3-4-8(9(11)12)10-5-7/h3-6H,1-2H3,(H,11,12)/p-1. The van der Waals surface area contributed by atoms with E-state index in [2.05, 4.69) is 4.98 Å². The van der Waals surface area contributed by atoms with Gasteiger partial charge in [0, 0.05) is 6.20 Å². The minimum Gasteiger partial charge on any atom is -0.543 e. The van der Waals surface area contributed by atoms with Crippen molar-refractivity contribution in [3.63, 3.8) is 0 Å². The van der Waals surface area contributed by atoms with E-state index in [1.807, 2.05) is 13.8 Å². The predicted molar refractivity (Wildman–Crippen MR) is 42.7 cm³/mol. The Morgan fingerprint density at radius 1 is 1.50 bits per heavy atom. The Balaban J connectivity index is 2.93. The first-order chi connectivity index (χ1) is 5.61. The quantitative estimate of drug-likeness (QED) is 0.642. The molecule has 0 N–H and O–H groups in total. The Morgan fingerprint density at radius 2 is 2.17 bits per heavy atom. The third-order valence-corrected chi connectivity index (χ3v) is 1.66. The Labute approximate surface area is 71.1 Å². The van der Waals surface area contributed by atoms with Gasteiger partial charge in [-0.05, 0) is 17.5 Å². The SMILES string of the molecule is CC(C)c1ccc(C(=O)[O-])nc1. The number of carbonyl (C=O) groups is 1. The molecule has 0 aliphatic rings. The number of nitrogens with zero attached hydrogens (tertiary/aromatic N) is 1. The first-order valence-corrected chi connectivity index (χ1v) is 3.78. The van der Waals surface area contributed by atoms with Gasteiger partial charge < -0.3 is 9.90 Å². The van der Waals surface area contributed by atoms with Gasteiger partial charge in [-0.3, -0.25) is 4.98 Å². The Morgan fingerprint density at radius 3 is 2.50 bits per heavy atom. The van der Waals surface area contributed by atoms with Crippen molar-refractivity contribution in [1.82, 2.24) is 4.98 Å². The van der Waals surface area contributed by atoms with E-state index in [4.69, 9.17) is 0 Å². The van der Waals surface area contributed by atoms with Crippen molar-refractivity contribution < 1.29 is 9.90 Å². The fourth-order valence-corrected chi connectivity index (χ4v) is 0.868. The van der Waals surface area contributed by atoms with Gasteiger partial charge in [-0.2, -0.15) is 0 Å². The molecule has 0 aromatic carbocycles. The zero-order chi connectivity index (χ0) is 9.14. The third-order valence-electron chi connectivity index (χ3n) is 1.66. The molecule has 1 rings (SSSR count). The lowest BCUT2D eigenvalue weighted by Gasteiger charge is -2.05. The van der Waals surface area contributed by atoms with Gasteiger partial charge in [0.2, 0.25) is 0 Å². The highest BCUT2D eigenvalue weighted by Crippen LogP contribution is 2.12. The summed E-state index contributed by atoms with van der Waals surface area (Å²) in [4.78, 5) is 14.0. The number of aromatic nitrogens is 1. The summed E-state index contributed by atoms with van der Waals surface area (Å²) in [5.74, 6) is -0.862. The summed E-state index contributed by atoms with van der Waals surface area (Å²) in [6.45, 7) is 4.05. The minimum atomic E-state index is -1.23. The van der Waals surface area contributed by atoms with Crippen molar-refractivity contribution >= 4 is 5.97 Å². The summed E-state index contributed by atoms with van der Waals surface area (Å²) in [5.41, 5.74) is 1.01. The van der Waals surface area contributed by atoms with E-state index in [0.717, 1.165) is 5.56 Å². The second-order valence-corrected chi connectivity index (χ2v) is 2.92. The molecule has 1 heterocycles. The monoisotopic (exact) mass is 164 g/mol. The van der Waals surface area contributed by atoms with Crippen LogP contribution in [-0.2, 0) is 0 Å². The topological polar surface area (TPSA) is 53.0 Å². The van der Waals surface area contributed by atoms with E-state index in [1.54, 1.807) is 12.3 Å². The average molecular weight is 164 g/mol. The fraction of sp³-hybridized carbons (Fsp3) is 0.333. The van der Waals surface area contributed by atoms with E-state index >= 15 is 0 Å². The average Bonchev–Trinajstić information content (AvgIpc) is 2.04. The summed E-state index contributed by atoms with van der Waals surface area (Å²) in [5, 5.41) is 10.3. The van der Waals surface area contributed by atoms with Crippen LogP contribution in [0.25, 0.3) is 0 Å². The number of carbonyl (C=O) groups excluding carboxylic acids is 1. The molecule has 64 valence electrons. The molecule has 0 fully saturated rings. The van der Waals surface area contributed by atoms with Crippen LogP contribution in [0.5, 0.6) is 0 Å². The van der Waals surface area contributed by atoms with Gasteiger partial charge in [-0.25, -0.2) is 0 Å². The lowest BCUT2D eigenvalue weighted by Crippen LogP contribution is -2.23. The summed E-state index contributed by atoms with van der Waals surface area (Å²) in [6, 6.07) is 3.22. The number of hydrogen-bond acceptors (Lipinski definition) is 3. The Kier molecular flexibility index (Phi) is 2.43. The van der Waals surface area contributed by atoms with Crippen LogP contribution < -0.4 is 5.11 Å². The van der Waals surface area contributed by atoms with Crippen LogP contribution in [0, 0.1) is 0 Å². The summed E-state index contributed by atoms with van der Waals surface area (Å²) in [6.07, 6.45) is 1.57. The summed E-state index contributed by atoms with van der Waals surface area (Å²) in [7, 11) is 0. The van der Waals surface area contributed by atoms with Gasteiger partial charge in [-0.15, -0.1) is 0 Å². The highest BCUT2D eigenvalue weighted by Gasteiger charge is 1.99. The molecular weight excluding hydrogens is 154 g/mol. The number of aromatic carboxylic acids is 1. The summed E-state index contributed by atoms with van der Waals surface area (Å²) < 4.78 is 0. The van der Waals surface area contributed by atoms with E-state index in [1.165, 1.54) is 6.07 Å². The zero-order valence-corrected chi connectivity index (χ0v) is 7.07. The second kappa shape index (κ2) is 3.34. The maximum atomic E-state index is 10.3. The maximum Gasteiger partial charge on any atom is 0.0899 e. The van der Waals surface area contributed by atoms with Crippen LogP contribution in [0.1, 0.15) is 35.8 Å². The smallest absolute Gasteiger partial charge is 0.0899 e. The summed E-state index contributed by atoms with van der Waals surface area (Å²) >= 11 is 0. The molecule has 0 unspecified atom stereocenters. The lowest BCUT2D eigenvalue weighted by atomic mass is 10.1. The number of carboxylic acid groups (broad SMARTS) is 1. The molecule has 3 heteroatoms. The van der Waals surface area contributed by atoms with Gasteiger partial charge >= 0.3 is 0 Å². The van der Waals surface area contributed by atoms with E-state index in [-0.39, 0.29) is 5.69 Å². The molecule has 3 nitrogen and oxygen atoms in total.